The number of rotatable bonds is 3. The molecule has 1 aliphatic carbocycles. The highest BCUT2D eigenvalue weighted by Gasteiger charge is 2.31. The summed E-state index contributed by atoms with van der Waals surface area (Å²) < 4.78 is 50.2. The molecule has 0 radical (unpaired) electrons. The summed E-state index contributed by atoms with van der Waals surface area (Å²) in [6.45, 7) is 0. The van der Waals surface area contributed by atoms with Gasteiger partial charge >= 0.3 is 5.97 Å². The molecule has 1 heterocycles. The molecule has 0 amide bonds. The molecule has 1 saturated carbocycles. The quantitative estimate of drug-likeness (QED) is 0.409. The van der Waals surface area contributed by atoms with Crippen molar-refractivity contribution in [3.05, 3.63) is 47.8 Å². The van der Waals surface area contributed by atoms with E-state index >= 15 is 0 Å². The first-order valence-corrected chi connectivity index (χ1v) is 7.29. The van der Waals surface area contributed by atoms with E-state index in [1.807, 2.05) is 0 Å². The van der Waals surface area contributed by atoms with Crippen molar-refractivity contribution in [3.63, 3.8) is 0 Å². The van der Waals surface area contributed by atoms with Crippen LogP contribution in [0.3, 0.4) is 0 Å². The second kappa shape index (κ2) is 5.36. The lowest BCUT2D eigenvalue weighted by Crippen LogP contribution is -2.09. The van der Waals surface area contributed by atoms with Gasteiger partial charge in [-0.3, -0.25) is 4.79 Å². The number of carbonyl (C=O) groups excluding carboxylic acids is 1. The summed E-state index contributed by atoms with van der Waals surface area (Å²) in [7, 11) is 0. The van der Waals surface area contributed by atoms with E-state index < -0.39 is 17.5 Å². The normalized spacial score (nSPS) is 14.1. The number of esters is 1. The summed E-state index contributed by atoms with van der Waals surface area (Å²) in [5.74, 6) is -4.19. The molecule has 0 saturated heterocycles. The monoisotopic (exact) mass is 333 g/mol. The molecule has 1 fully saturated rings. The lowest BCUT2D eigenvalue weighted by atomic mass is 10.1. The van der Waals surface area contributed by atoms with Crippen molar-refractivity contribution in [1.82, 2.24) is 5.16 Å². The van der Waals surface area contributed by atoms with Crippen LogP contribution >= 0.6 is 0 Å². The minimum Gasteiger partial charge on any atom is -0.426 e. The van der Waals surface area contributed by atoms with Crippen LogP contribution in [0.5, 0.6) is 5.75 Å². The third kappa shape index (κ3) is 2.51. The fourth-order valence-corrected chi connectivity index (χ4v) is 2.40. The summed E-state index contributed by atoms with van der Waals surface area (Å²) in [5, 5.41) is 4.24. The van der Waals surface area contributed by atoms with Crippen molar-refractivity contribution in [2.75, 3.05) is 0 Å². The van der Waals surface area contributed by atoms with Crippen LogP contribution in [-0.2, 0) is 4.79 Å². The Hall–Kier alpha value is -2.83. The molecule has 0 spiro atoms. The van der Waals surface area contributed by atoms with Crippen molar-refractivity contribution in [1.29, 1.82) is 0 Å². The van der Waals surface area contributed by atoms with Gasteiger partial charge in [0.2, 0.25) is 0 Å². The number of hydrogen-bond acceptors (Lipinski definition) is 4. The van der Waals surface area contributed by atoms with E-state index in [4.69, 9.17) is 9.26 Å². The van der Waals surface area contributed by atoms with E-state index in [1.165, 1.54) is 6.07 Å². The molecule has 1 aliphatic rings. The molecule has 2 aromatic carbocycles. The molecule has 24 heavy (non-hydrogen) atoms. The van der Waals surface area contributed by atoms with Crippen molar-refractivity contribution in [2.45, 2.75) is 12.8 Å². The fraction of sp³-hybridized carbons (Fsp3) is 0.176. The van der Waals surface area contributed by atoms with E-state index in [0.29, 0.717) is 11.1 Å². The third-order valence-electron chi connectivity index (χ3n) is 3.83. The molecule has 0 bridgehead atoms. The highest BCUT2D eigenvalue weighted by molar-refractivity contribution is 5.92. The van der Waals surface area contributed by atoms with Crippen molar-refractivity contribution < 1.29 is 27.2 Å². The number of aromatic nitrogens is 1. The van der Waals surface area contributed by atoms with Gasteiger partial charge in [0.15, 0.2) is 23.0 Å². The zero-order valence-corrected chi connectivity index (χ0v) is 12.2. The number of hydrogen-bond donors (Lipinski definition) is 0. The predicted molar refractivity (Wildman–Crippen MR) is 77.7 cm³/mol. The van der Waals surface area contributed by atoms with Crippen molar-refractivity contribution >= 4 is 16.9 Å². The highest BCUT2D eigenvalue weighted by Crippen LogP contribution is 2.34. The Morgan fingerprint density at radius 1 is 1.12 bits per heavy atom. The van der Waals surface area contributed by atoms with Crippen molar-refractivity contribution in [2.24, 2.45) is 5.92 Å². The van der Waals surface area contributed by atoms with Gasteiger partial charge in [0, 0.05) is 17.0 Å². The predicted octanol–water partition coefficient (Wildman–Crippen LogP) is 4.23. The second-order valence-corrected chi connectivity index (χ2v) is 5.64. The molecule has 0 atom stereocenters. The molecule has 122 valence electrons. The Kier molecular flexibility index (Phi) is 3.30. The van der Waals surface area contributed by atoms with E-state index in [0.717, 1.165) is 25.0 Å². The molecule has 7 heteroatoms. The van der Waals surface area contributed by atoms with Crippen LogP contribution in [0.15, 0.2) is 34.9 Å². The largest absolute Gasteiger partial charge is 0.426 e. The van der Waals surface area contributed by atoms with E-state index in [1.54, 1.807) is 12.1 Å². The average molecular weight is 333 g/mol. The number of benzene rings is 2. The zero-order chi connectivity index (χ0) is 16.8. The summed E-state index contributed by atoms with van der Waals surface area (Å²) in [4.78, 5) is 11.7. The van der Waals surface area contributed by atoms with E-state index in [9.17, 15) is 18.0 Å². The molecule has 3 aromatic rings. The van der Waals surface area contributed by atoms with Crippen LogP contribution in [0, 0.1) is 23.4 Å². The Balaban J connectivity index is 1.71. The molecule has 4 nitrogen and oxygen atoms in total. The fourth-order valence-electron chi connectivity index (χ4n) is 2.40. The van der Waals surface area contributed by atoms with Crippen molar-refractivity contribution in [3.8, 4) is 17.0 Å². The van der Waals surface area contributed by atoms with Gasteiger partial charge in [-0.1, -0.05) is 5.16 Å². The molecule has 0 unspecified atom stereocenters. The number of carbonyl (C=O) groups is 1. The topological polar surface area (TPSA) is 52.3 Å². The maximum absolute atomic E-state index is 13.4. The van der Waals surface area contributed by atoms with E-state index in [2.05, 4.69) is 5.16 Å². The first-order chi connectivity index (χ1) is 11.5. The second-order valence-electron chi connectivity index (χ2n) is 5.64. The van der Waals surface area contributed by atoms with Gasteiger partial charge in [0.25, 0.3) is 0 Å². The van der Waals surface area contributed by atoms with Gasteiger partial charge in [0.1, 0.15) is 11.4 Å². The van der Waals surface area contributed by atoms with Gasteiger partial charge in [0.05, 0.1) is 5.92 Å². The third-order valence-corrected chi connectivity index (χ3v) is 3.83. The molecule has 0 aliphatic heterocycles. The minimum atomic E-state index is -1.54. The van der Waals surface area contributed by atoms with Gasteiger partial charge in [-0.25, -0.2) is 13.2 Å². The van der Waals surface area contributed by atoms with E-state index in [-0.39, 0.29) is 28.7 Å². The SMILES string of the molecule is O=C(Oc1ccc2c(-c3cc(F)c(F)c(F)c3)noc2c1)C1CC1. The van der Waals surface area contributed by atoms with Gasteiger partial charge in [-0.2, -0.15) is 0 Å². The van der Waals surface area contributed by atoms with Gasteiger partial charge in [-0.05, 0) is 37.1 Å². The first kappa shape index (κ1) is 14.7. The van der Waals surface area contributed by atoms with Crippen LogP contribution in [-0.4, -0.2) is 11.1 Å². The molecule has 1 aromatic heterocycles. The Morgan fingerprint density at radius 2 is 1.83 bits per heavy atom. The lowest BCUT2D eigenvalue weighted by molar-refractivity contribution is -0.135. The standard InChI is InChI=1S/C17H10F3NO3/c18-12-5-9(6-13(19)15(12)20)16-11-4-3-10(7-14(11)24-21-16)23-17(22)8-1-2-8/h3-8H,1-2H2. The number of ether oxygens (including phenoxy) is 1. The summed E-state index contributed by atoms with van der Waals surface area (Å²) in [6, 6.07) is 6.27. The maximum atomic E-state index is 13.4. The average Bonchev–Trinajstić information content (AvgIpc) is 3.32. The van der Waals surface area contributed by atoms with Gasteiger partial charge < -0.3 is 9.26 Å². The Labute approximate surface area is 133 Å². The lowest BCUT2D eigenvalue weighted by Gasteiger charge is -2.03. The number of halogens is 3. The molecular weight excluding hydrogens is 323 g/mol. The Bertz CT molecular complexity index is 940. The van der Waals surface area contributed by atoms with Gasteiger partial charge in [-0.15, -0.1) is 0 Å². The maximum Gasteiger partial charge on any atom is 0.314 e. The molecular formula is C17H10F3NO3. The smallest absolute Gasteiger partial charge is 0.314 e. The van der Waals surface area contributed by atoms with Crippen LogP contribution < -0.4 is 4.74 Å². The summed E-state index contributed by atoms with van der Waals surface area (Å²) >= 11 is 0. The minimum absolute atomic E-state index is 0.0452. The summed E-state index contributed by atoms with van der Waals surface area (Å²) in [6.07, 6.45) is 1.66. The Morgan fingerprint density at radius 3 is 2.50 bits per heavy atom. The zero-order valence-electron chi connectivity index (χ0n) is 12.2. The highest BCUT2D eigenvalue weighted by atomic mass is 19.2. The van der Waals surface area contributed by atoms with Crippen LogP contribution in [0.2, 0.25) is 0 Å². The molecule has 4 rings (SSSR count). The first-order valence-electron chi connectivity index (χ1n) is 7.29. The number of nitrogens with zero attached hydrogens (tertiary/aromatic N) is 1. The van der Waals surface area contributed by atoms with Crippen LogP contribution in [0.25, 0.3) is 22.2 Å². The molecule has 0 N–H and O–H groups in total. The summed E-state index contributed by atoms with van der Waals surface area (Å²) in [5.41, 5.74) is 0.506. The van der Waals surface area contributed by atoms with Crippen LogP contribution in [0.4, 0.5) is 13.2 Å². The number of fused-ring (bicyclic) bond motifs is 1. The van der Waals surface area contributed by atoms with Crippen LogP contribution in [0.1, 0.15) is 12.8 Å².